The number of rotatable bonds is 3. The van der Waals surface area contributed by atoms with E-state index in [9.17, 15) is 13.9 Å². The Labute approximate surface area is 82.4 Å². The Bertz CT molecular complexity index is 321. The average Bonchev–Trinajstić information content (AvgIpc) is 2.09. The molecule has 0 aliphatic rings. The maximum Gasteiger partial charge on any atom is 0.164 e. The van der Waals surface area contributed by atoms with Gasteiger partial charge in [0.05, 0.1) is 5.60 Å². The Morgan fingerprint density at radius 1 is 1.36 bits per heavy atom. The van der Waals surface area contributed by atoms with E-state index < -0.39 is 17.2 Å². The summed E-state index contributed by atoms with van der Waals surface area (Å²) in [5.74, 6) is -1.87. The van der Waals surface area contributed by atoms with Crippen molar-refractivity contribution in [3.8, 4) is 0 Å². The maximum absolute atomic E-state index is 13.3. The maximum atomic E-state index is 13.3. The van der Waals surface area contributed by atoms with Crippen LogP contribution in [-0.4, -0.2) is 5.11 Å². The molecule has 0 aliphatic carbocycles. The van der Waals surface area contributed by atoms with E-state index in [1.165, 1.54) is 19.1 Å². The average molecular weight is 200 g/mol. The molecule has 0 amide bonds. The van der Waals surface area contributed by atoms with Gasteiger partial charge in [0.1, 0.15) is 0 Å². The van der Waals surface area contributed by atoms with Crippen molar-refractivity contribution < 1.29 is 13.9 Å². The molecular weight excluding hydrogens is 186 g/mol. The topological polar surface area (TPSA) is 20.2 Å². The third-order valence-electron chi connectivity index (χ3n) is 2.27. The summed E-state index contributed by atoms with van der Waals surface area (Å²) >= 11 is 0. The molecule has 3 heteroatoms. The van der Waals surface area contributed by atoms with Crippen LogP contribution in [0.3, 0.4) is 0 Å². The summed E-state index contributed by atoms with van der Waals surface area (Å²) in [4.78, 5) is 0. The minimum Gasteiger partial charge on any atom is -0.385 e. The lowest BCUT2D eigenvalue weighted by molar-refractivity contribution is 0.0426. The van der Waals surface area contributed by atoms with Gasteiger partial charge in [-0.15, -0.1) is 0 Å². The molecule has 0 spiro atoms. The highest BCUT2D eigenvalue weighted by molar-refractivity contribution is 5.24. The summed E-state index contributed by atoms with van der Waals surface area (Å²) in [6.45, 7) is 3.38. The van der Waals surface area contributed by atoms with Gasteiger partial charge >= 0.3 is 0 Å². The lowest BCUT2D eigenvalue weighted by atomic mass is 9.91. The van der Waals surface area contributed by atoms with Crippen molar-refractivity contribution in [2.24, 2.45) is 0 Å². The predicted molar refractivity (Wildman–Crippen MR) is 50.8 cm³/mol. The molecule has 0 saturated carbocycles. The second-order valence-corrected chi connectivity index (χ2v) is 3.63. The van der Waals surface area contributed by atoms with Crippen molar-refractivity contribution in [3.63, 3.8) is 0 Å². The first-order valence-corrected chi connectivity index (χ1v) is 4.66. The summed E-state index contributed by atoms with van der Waals surface area (Å²) in [5.41, 5.74) is -1.26. The summed E-state index contributed by atoms with van der Waals surface area (Å²) in [6, 6.07) is 3.85. The van der Waals surface area contributed by atoms with E-state index in [0.29, 0.717) is 12.8 Å². The molecule has 78 valence electrons. The highest BCUT2D eigenvalue weighted by Gasteiger charge is 2.26. The van der Waals surface area contributed by atoms with Gasteiger partial charge in [-0.1, -0.05) is 25.5 Å². The molecule has 1 rings (SSSR count). The van der Waals surface area contributed by atoms with Gasteiger partial charge in [0.25, 0.3) is 0 Å². The van der Waals surface area contributed by atoms with Crippen LogP contribution in [0.1, 0.15) is 32.3 Å². The molecule has 1 aromatic rings. The number of halogens is 2. The third kappa shape index (κ3) is 2.10. The Hall–Kier alpha value is -0.960. The number of benzene rings is 1. The molecule has 1 unspecified atom stereocenters. The van der Waals surface area contributed by atoms with Gasteiger partial charge in [0.2, 0.25) is 0 Å². The van der Waals surface area contributed by atoms with Crippen LogP contribution in [0.5, 0.6) is 0 Å². The molecule has 0 aromatic heterocycles. The molecular formula is C11H14F2O. The van der Waals surface area contributed by atoms with Crippen molar-refractivity contribution >= 4 is 0 Å². The van der Waals surface area contributed by atoms with Gasteiger partial charge in [-0.05, 0) is 19.4 Å². The highest BCUT2D eigenvalue weighted by Crippen LogP contribution is 2.28. The fraction of sp³-hybridized carbons (Fsp3) is 0.455. The molecule has 1 nitrogen and oxygen atoms in total. The van der Waals surface area contributed by atoms with Crippen LogP contribution in [0.2, 0.25) is 0 Å². The number of aliphatic hydroxyl groups is 1. The summed E-state index contributed by atoms with van der Waals surface area (Å²) in [6.07, 6.45) is 1.12. The zero-order valence-electron chi connectivity index (χ0n) is 8.35. The van der Waals surface area contributed by atoms with Crippen LogP contribution >= 0.6 is 0 Å². The fourth-order valence-electron chi connectivity index (χ4n) is 1.54. The smallest absolute Gasteiger partial charge is 0.164 e. The molecule has 0 saturated heterocycles. The molecule has 14 heavy (non-hydrogen) atoms. The SMILES string of the molecule is CCCC(C)(O)c1cccc(F)c1F. The zero-order valence-corrected chi connectivity index (χ0v) is 8.35. The lowest BCUT2D eigenvalue weighted by Crippen LogP contribution is -2.22. The van der Waals surface area contributed by atoms with E-state index in [-0.39, 0.29) is 5.56 Å². The van der Waals surface area contributed by atoms with E-state index in [4.69, 9.17) is 0 Å². The number of hydrogen-bond donors (Lipinski definition) is 1. The predicted octanol–water partition coefficient (Wildman–Crippen LogP) is 2.97. The van der Waals surface area contributed by atoms with E-state index in [1.807, 2.05) is 6.92 Å². The molecule has 1 N–H and O–H groups in total. The first-order chi connectivity index (χ1) is 6.49. The van der Waals surface area contributed by atoms with Gasteiger partial charge in [-0.2, -0.15) is 0 Å². The molecule has 0 aliphatic heterocycles. The lowest BCUT2D eigenvalue weighted by Gasteiger charge is -2.23. The fourth-order valence-corrected chi connectivity index (χ4v) is 1.54. The van der Waals surface area contributed by atoms with E-state index >= 15 is 0 Å². The van der Waals surface area contributed by atoms with Crippen molar-refractivity contribution in [1.82, 2.24) is 0 Å². The van der Waals surface area contributed by atoms with Crippen molar-refractivity contribution in [2.75, 3.05) is 0 Å². The second kappa shape index (κ2) is 4.05. The Morgan fingerprint density at radius 2 is 2.00 bits per heavy atom. The van der Waals surface area contributed by atoms with Crippen molar-refractivity contribution in [3.05, 3.63) is 35.4 Å². The van der Waals surface area contributed by atoms with Crippen LogP contribution in [0.15, 0.2) is 18.2 Å². The second-order valence-electron chi connectivity index (χ2n) is 3.63. The van der Waals surface area contributed by atoms with Gasteiger partial charge in [-0.3, -0.25) is 0 Å². The molecule has 0 heterocycles. The van der Waals surface area contributed by atoms with Gasteiger partial charge in [-0.25, -0.2) is 8.78 Å². The number of hydrogen-bond acceptors (Lipinski definition) is 1. The van der Waals surface area contributed by atoms with E-state index in [2.05, 4.69) is 0 Å². The van der Waals surface area contributed by atoms with Crippen LogP contribution < -0.4 is 0 Å². The molecule has 1 atom stereocenters. The van der Waals surface area contributed by atoms with Gasteiger partial charge < -0.3 is 5.11 Å². The minimum absolute atomic E-state index is 0.0272. The van der Waals surface area contributed by atoms with Crippen LogP contribution in [-0.2, 0) is 5.60 Å². The van der Waals surface area contributed by atoms with Crippen molar-refractivity contribution in [1.29, 1.82) is 0 Å². The van der Waals surface area contributed by atoms with Gasteiger partial charge in [0, 0.05) is 5.56 Å². The summed E-state index contributed by atoms with van der Waals surface area (Å²) < 4.78 is 26.1. The van der Waals surface area contributed by atoms with Crippen LogP contribution in [0.4, 0.5) is 8.78 Å². The van der Waals surface area contributed by atoms with Crippen LogP contribution in [0.25, 0.3) is 0 Å². The summed E-state index contributed by atoms with van der Waals surface area (Å²) in [7, 11) is 0. The summed E-state index contributed by atoms with van der Waals surface area (Å²) in [5, 5.41) is 9.88. The molecule has 0 bridgehead atoms. The first kappa shape index (κ1) is 11.1. The Morgan fingerprint density at radius 3 is 2.57 bits per heavy atom. The van der Waals surface area contributed by atoms with Gasteiger partial charge in [0.15, 0.2) is 11.6 Å². The highest BCUT2D eigenvalue weighted by atomic mass is 19.2. The largest absolute Gasteiger partial charge is 0.385 e. The first-order valence-electron chi connectivity index (χ1n) is 4.66. The Balaban J connectivity index is 3.12. The Kier molecular flexibility index (Phi) is 3.21. The minimum atomic E-state index is -1.29. The van der Waals surface area contributed by atoms with E-state index in [1.54, 1.807) is 0 Å². The molecule has 0 fully saturated rings. The normalized spacial score (nSPS) is 15.2. The zero-order chi connectivity index (χ0) is 10.8. The third-order valence-corrected chi connectivity index (χ3v) is 2.27. The monoisotopic (exact) mass is 200 g/mol. The van der Waals surface area contributed by atoms with E-state index in [0.717, 1.165) is 6.07 Å². The van der Waals surface area contributed by atoms with Crippen LogP contribution in [0, 0.1) is 11.6 Å². The quantitative estimate of drug-likeness (QED) is 0.795. The molecule has 1 aromatic carbocycles. The van der Waals surface area contributed by atoms with Crippen molar-refractivity contribution in [2.45, 2.75) is 32.3 Å². The standard InChI is InChI=1S/C11H14F2O/c1-3-7-11(2,14)8-5-4-6-9(12)10(8)13/h4-6,14H,3,7H2,1-2H3. The molecule has 0 radical (unpaired) electrons.